The largest absolute Gasteiger partial charge is 0.295 e. The number of benzene rings is 1. The number of amides is 1. The van der Waals surface area contributed by atoms with Crippen molar-refractivity contribution in [2.24, 2.45) is 0 Å². The van der Waals surface area contributed by atoms with E-state index >= 15 is 0 Å². The Morgan fingerprint density at radius 1 is 1.22 bits per heavy atom. The number of aromatic nitrogens is 5. The van der Waals surface area contributed by atoms with Crippen molar-refractivity contribution in [2.45, 2.75) is 18.8 Å². The van der Waals surface area contributed by atoms with Crippen LogP contribution in [0.25, 0.3) is 5.69 Å². The van der Waals surface area contributed by atoms with Crippen molar-refractivity contribution in [3.63, 3.8) is 0 Å². The third-order valence-corrected chi connectivity index (χ3v) is 4.93. The van der Waals surface area contributed by atoms with Crippen LogP contribution in [0.3, 0.4) is 0 Å². The molecule has 1 fully saturated rings. The zero-order valence-electron chi connectivity index (χ0n) is 11.8. The fourth-order valence-corrected chi connectivity index (χ4v) is 3.20. The van der Waals surface area contributed by atoms with Crippen LogP contribution in [0.15, 0.2) is 34.9 Å². The smallest absolute Gasteiger partial charge is 0.279 e. The standard InChI is InChI=1S/C14H11BrN6OS/c15-9-3-5-10(6-4-9)21-7-11(17-20-21)12(22)16-14-19-18-13(23-14)8-1-2-8/h3-8H,1-2H2,(H,16,19,22). The van der Waals surface area contributed by atoms with E-state index in [2.05, 4.69) is 41.8 Å². The lowest BCUT2D eigenvalue weighted by molar-refractivity contribution is 0.102. The molecule has 2 aromatic heterocycles. The third kappa shape index (κ3) is 3.15. The highest BCUT2D eigenvalue weighted by Crippen LogP contribution is 2.42. The van der Waals surface area contributed by atoms with E-state index in [0.29, 0.717) is 11.0 Å². The van der Waals surface area contributed by atoms with Gasteiger partial charge in [-0.2, -0.15) is 0 Å². The van der Waals surface area contributed by atoms with Crippen LogP contribution < -0.4 is 5.32 Å². The molecule has 7 nitrogen and oxygen atoms in total. The predicted molar refractivity (Wildman–Crippen MR) is 88.9 cm³/mol. The van der Waals surface area contributed by atoms with E-state index in [1.54, 1.807) is 10.9 Å². The van der Waals surface area contributed by atoms with E-state index < -0.39 is 0 Å². The molecule has 0 aliphatic heterocycles. The summed E-state index contributed by atoms with van der Waals surface area (Å²) in [6, 6.07) is 7.56. The minimum absolute atomic E-state index is 0.232. The zero-order chi connectivity index (χ0) is 15.8. The van der Waals surface area contributed by atoms with Crippen molar-refractivity contribution in [2.75, 3.05) is 5.32 Å². The SMILES string of the molecule is O=C(Nc1nnc(C2CC2)s1)c1cn(-c2ccc(Br)cc2)nn1. The molecule has 0 bridgehead atoms. The van der Waals surface area contributed by atoms with Gasteiger partial charge in [0.1, 0.15) is 5.01 Å². The highest BCUT2D eigenvalue weighted by atomic mass is 79.9. The molecule has 0 atom stereocenters. The average Bonchev–Trinajstić information content (AvgIpc) is 3.10. The van der Waals surface area contributed by atoms with E-state index in [1.807, 2.05) is 24.3 Å². The second-order valence-corrected chi connectivity index (χ2v) is 7.12. The van der Waals surface area contributed by atoms with Crippen molar-refractivity contribution in [1.29, 1.82) is 0 Å². The van der Waals surface area contributed by atoms with Gasteiger partial charge in [-0.15, -0.1) is 15.3 Å². The normalized spacial score (nSPS) is 14.0. The van der Waals surface area contributed by atoms with E-state index in [-0.39, 0.29) is 11.6 Å². The maximum atomic E-state index is 12.2. The van der Waals surface area contributed by atoms with Crippen LogP contribution in [0.5, 0.6) is 0 Å². The van der Waals surface area contributed by atoms with Gasteiger partial charge in [-0.3, -0.25) is 10.1 Å². The maximum Gasteiger partial charge on any atom is 0.279 e. The van der Waals surface area contributed by atoms with Gasteiger partial charge in [0.2, 0.25) is 5.13 Å². The lowest BCUT2D eigenvalue weighted by Crippen LogP contribution is -2.12. The van der Waals surface area contributed by atoms with Crippen LogP contribution in [0.1, 0.15) is 34.3 Å². The Kier molecular flexibility index (Phi) is 3.66. The number of halogens is 1. The molecular weight excluding hydrogens is 380 g/mol. The van der Waals surface area contributed by atoms with Crippen LogP contribution in [0.4, 0.5) is 5.13 Å². The van der Waals surface area contributed by atoms with Gasteiger partial charge in [-0.1, -0.05) is 32.5 Å². The van der Waals surface area contributed by atoms with E-state index in [4.69, 9.17) is 0 Å². The Labute approximate surface area is 143 Å². The quantitative estimate of drug-likeness (QED) is 0.739. The molecule has 1 saturated carbocycles. The summed E-state index contributed by atoms with van der Waals surface area (Å²) >= 11 is 4.80. The van der Waals surface area contributed by atoms with Crippen LogP contribution in [-0.2, 0) is 0 Å². The summed E-state index contributed by atoms with van der Waals surface area (Å²) in [5, 5.41) is 20.2. The van der Waals surface area contributed by atoms with Crippen LogP contribution in [0, 0.1) is 0 Å². The number of carbonyl (C=O) groups excluding carboxylic acids is 1. The first-order valence-corrected chi connectivity index (χ1v) is 8.63. The monoisotopic (exact) mass is 390 g/mol. The summed E-state index contributed by atoms with van der Waals surface area (Å²) in [5.41, 5.74) is 1.06. The number of carbonyl (C=O) groups is 1. The molecular formula is C14H11BrN6OS. The highest BCUT2D eigenvalue weighted by Gasteiger charge is 2.28. The third-order valence-electron chi connectivity index (χ3n) is 3.40. The van der Waals surface area contributed by atoms with Gasteiger partial charge in [-0.25, -0.2) is 4.68 Å². The van der Waals surface area contributed by atoms with Crippen molar-refractivity contribution in [3.8, 4) is 5.69 Å². The molecule has 1 N–H and O–H groups in total. The number of nitrogens with one attached hydrogen (secondary N) is 1. The molecule has 23 heavy (non-hydrogen) atoms. The summed E-state index contributed by atoms with van der Waals surface area (Å²) in [5.74, 6) is 0.184. The average molecular weight is 391 g/mol. The Bertz CT molecular complexity index is 854. The second kappa shape index (κ2) is 5.82. The highest BCUT2D eigenvalue weighted by molar-refractivity contribution is 9.10. The maximum absolute atomic E-state index is 12.2. The molecule has 9 heteroatoms. The number of nitrogens with zero attached hydrogens (tertiary/aromatic N) is 5. The molecule has 1 aliphatic rings. The van der Waals surface area contributed by atoms with Crippen LogP contribution >= 0.6 is 27.3 Å². The molecule has 116 valence electrons. The van der Waals surface area contributed by atoms with Crippen molar-refractivity contribution >= 4 is 38.3 Å². The first-order valence-electron chi connectivity index (χ1n) is 7.02. The summed E-state index contributed by atoms with van der Waals surface area (Å²) in [6.45, 7) is 0. The molecule has 3 aromatic rings. The second-order valence-electron chi connectivity index (χ2n) is 5.20. The van der Waals surface area contributed by atoms with E-state index in [0.717, 1.165) is 28.0 Å². The molecule has 1 aliphatic carbocycles. The fourth-order valence-electron chi connectivity index (χ4n) is 2.03. The molecule has 0 radical (unpaired) electrons. The first kappa shape index (κ1) is 14.5. The van der Waals surface area contributed by atoms with Crippen molar-refractivity contribution in [1.82, 2.24) is 25.2 Å². The Hall–Kier alpha value is -2.13. The first-order chi connectivity index (χ1) is 11.2. The summed E-state index contributed by atoms with van der Waals surface area (Å²) in [7, 11) is 0. The minimum Gasteiger partial charge on any atom is -0.295 e. The molecule has 1 amide bonds. The van der Waals surface area contributed by atoms with Gasteiger partial charge in [-0.05, 0) is 37.1 Å². The molecule has 0 saturated heterocycles. The molecule has 2 heterocycles. The number of hydrogen-bond acceptors (Lipinski definition) is 6. The van der Waals surface area contributed by atoms with E-state index in [9.17, 15) is 4.79 Å². The lowest BCUT2D eigenvalue weighted by Gasteiger charge is -1.99. The van der Waals surface area contributed by atoms with Gasteiger partial charge in [0.25, 0.3) is 5.91 Å². The molecule has 0 unspecified atom stereocenters. The Morgan fingerprint density at radius 2 is 2.00 bits per heavy atom. The Balaban J connectivity index is 1.48. The van der Waals surface area contributed by atoms with E-state index in [1.165, 1.54) is 11.3 Å². The minimum atomic E-state index is -0.341. The molecule has 4 rings (SSSR count). The Morgan fingerprint density at radius 3 is 2.74 bits per heavy atom. The number of hydrogen-bond donors (Lipinski definition) is 1. The summed E-state index contributed by atoms with van der Waals surface area (Å²) in [6.07, 6.45) is 3.90. The van der Waals surface area contributed by atoms with Gasteiger partial charge in [0.15, 0.2) is 5.69 Å². The lowest BCUT2D eigenvalue weighted by atomic mass is 10.3. The van der Waals surface area contributed by atoms with Crippen molar-refractivity contribution in [3.05, 3.63) is 45.6 Å². The molecule has 0 spiro atoms. The van der Waals surface area contributed by atoms with Gasteiger partial charge in [0.05, 0.1) is 11.9 Å². The van der Waals surface area contributed by atoms with Gasteiger partial charge >= 0.3 is 0 Å². The predicted octanol–water partition coefficient (Wildman–Crippen LogP) is 3.01. The van der Waals surface area contributed by atoms with Gasteiger partial charge in [0, 0.05) is 10.4 Å². The summed E-state index contributed by atoms with van der Waals surface area (Å²) < 4.78 is 2.53. The number of anilines is 1. The fraction of sp³-hybridized carbons (Fsp3) is 0.214. The summed E-state index contributed by atoms with van der Waals surface area (Å²) in [4.78, 5) is 12.2. The zero-order valence-corrected chi connectivity index (χ0v) is 14.2. The van der Waals surface area contributed by atoms with Crippen molar-refractivity contribution < 1.29 is 4.79 Å². The number of rotatable bonds is 4. The topological polar surface area (TPSA) is 85.6 Å². The van der Waals surface area contributed by atoms with Crippen LogP contribution in [-0.4, -0.2) is 31.1 Å². The molecule has 1 aromatic carbocycles. The van der Waals surface area contributed by atoms with Gasteiger partial charge < -0.3 is 0 Å². The van der Waals surface area contributed by atoms with Crippen LogP contribution in [0.2, 0.25) is 0 Å².